The molecule has 1 heteroatoms. The molecule has 1 heterocycles. The maximum atomic E-state index is 2.39. The Hall–Kier alpha value is -1.13. The van der Waals surface area contributed by atoms with Crippen LogP contribution < -0.4 is 10.6 Å². The third kappa shape index (κ3) is 1.58. The highest BCUT2D eigenvalue weighted by molar-refractivity contribution is 7.72. The lowest BCUT2D eigenvalue weighted by Crippen LogP contribution is -2.13. The summed E-state index contributed by atoms with van der Waals surface area (Å²) in [5, 5.41) is 3.14. The highest BCUT2D eigenvalue weighted by atomic mass is 31.1. The minimum Gasteiger partial charge on any atom is -0.0619 e. The Morgan fingerprint density at radius 1 is 0.750 bits per heavy atom. The van der Waals surface area contributed by atoms with Gasteiger partial charge >= 0.3 is 0 Å². The van der Waals surface area contributed by atoms with Crippen LogP contribution in [0.1, 0.15) is 11.1 Å². The van der Waals surface area contributed by atoms with E-state index in [1.165, 1.54) is 12.8 Å². The molecule has 0 unspecified atom stereocenters. The van der Waals surface area contributed by atoms with Crippen molar-refractivity contribution in [3.63, 3.8) is 0 Å². The highest BCUT2D eigenvalue weighted by Gasteiger charge is 2.18. The van der Waals surface area contributed by atoms with Gasteiger partial charge in [0, 0.05) is 0 Å². The standard InChI is InChI=1S/C15H15P/c1-16-14-8-4-2-6-12(14)10-11-13-7-3-5-9-15(13)16/h2-9H,10-11H2,1H3. The third-order valence-corrected chi connectivity index (χ3v) is 5.69. The van der Waals surface area contributed by atoms with E-state index in [4.69, 9.17) is 0 Å². The van der Waals surface area contributed by atoms with E-state index in [1.54, 1.807) is 21.7 Å². The fraction of sp³-hybridized carbons (Fsp3) is 0.200. The molecule has 0 fully saturated rings. The molecule has 3 rings (SSSR count). The van der Waals surface area contributed by atoms with Crippen molar-refractivity contribution in [2.45, 2.75) is 12.8 Å². The van der Waals surface area contributed by atoms with Crippen molar-refractivity contribution in [2.24, 2.45) is 0 Å². The molecule has 0 saturated carbocycles. The van der Waals surface area contributed by atoms with E-state index in [1.807, 2.05) is 0 Å². The van der Waals surface area contributed by atoms with E-state index in [0.717, 1.165) is 0 Å². The van der Waals surface area contributed by atoms with E-state index < -0.39 is 0 Å². The van der Waals surface area contributed by atoms with Gasteiger partial charge in [-0.2, -0.15) is 0 Å². The Morgan fingerprint density at radius 2 is 1.19 bits per heavy atom. The lowest BCUT2D eigenvalue weighted by Gasteiger charge is -2.15. The van der Waals surface area contributed by atoms with Crippen molar-refractivity contribution in [3.8, 4) is 0 Å². The summed E-state index contributed by atoms with van der Waals surface area (Å²) in [6, 6.07) is 17.9. The Morgan fingerprint density at radius 3 is 1.69 bits per heavy atom. The average molecular weight is 226 g/mol. The van der Waals surface area contributed by atoms with Crippen molar-refractivity contribution >= 4 is 18.5 Å². The van der Waals surface area contributed by atoms with E-state index in [0.29, 0.717) is 0 Å². The molecule has 0 N–H and O–H groups in total. The van der Waals surface area contributed by atoms with E-state index in [-0.39, 0.29) is 7.92 Å². The van der Waals surface area contributed by atoms with Crippen LogP contribution in [0.3, 0.4) is 0 Å². The SMILES string of the molecule is CP1c2ccccc2CCc2ccccc21. The van der Waals surface area contributed by atoms with Crippen molar-refractivity contribution in [2.75, 3.05) is 6.66 Å². The fourth-order valence-corrected chi connectivity index (χ4v) is 4.61. The molecule has 2 aromatic rings. The maximum Gasteiger partial charge on any atom is -0.0166 e. The van der Waals surface area contributed by atoms with Gasteiger partial charge in [0.1, 0.15) is 0 Å². The largest absolute Gasteiger partial charge is 0.0619 e. The Kier molecular flexibility index (Phi) is 2.53. The van der Waals surface area contributed by atoms with Crippen molar-refractivity contribution < 1.29 is 0 Å². The third-order valence-electron chi connectivity index (χ3n) is 3.37. The minimum atomic E-state index is -0.150. The molecule has 0 radical (unpaired) electrons. The summed E-state index contributed by atoms with van der Waals surface area (Å²) in [5.74, 6) is 0. The number of fused-ring (bicyclic) bond motifs is 2. The summed E-state index contributed by atoms with van der Waals surface area (Å²) in [5.41, 5.74) is 3.10. The summed E-state index contributed by atoms with van der Waals surface area (Å²) < 4.78 is 0. The van der Waals surface area contributed by atoms with Gasteiger partial charge in [0.2, 0.25) is 0 Å². The first-order chi connectivity index (χ1) is 7.86. The fourth-order valence-electron chi connectivity index (χ4n) is 2.50. The first kappa shape index (κ1) is 10.1. The molecule has 0 nitrogen and oxygen atoms in total. The summed E-state index contributed by atoms with van der Waals surface area (Å²) in [7, 11) is -0.150. The van der Waals surface area contributed by atoms with Gasteiger partial charge in [0.25, 0.3) is 0 Å². The van der Waals surface area contributed by atoms with Crippen LogP contribution in [-0.4, -0.2) is 6.66 Å². The van der Waals surface area contributed by atoms with Crippen LogP contribution in [0.4, 0.5) is 0 Å². The second-order valence-electron chi connectivity index (χ2n) is 4.32. The highest BCUT2D eigenvalue weighted by Crippen LogP contribution is 2.34. The van der Waals surface area contributed by atoms with Gasteiger partial charge in [0.15, 0.2) is 0 Å². The second-order valence-corrected chi connectivity index (χ2v) is 6.40. The van der Waals surface area contributed by atoms with Gasteiger partial charge in [0.05, 0.1) is 0 Å². The molecule has 0 bridgehead atoms. The molecule has 1 aliphatic heterocycles. The molecule has 2 aromatic carbocycles. The second kappa shape index (κ2) is 4.03. The van der Waals surface area contributed by atoms with Gasteiger partial charge < -0.3 is 0 Å². The molecule has 0 saturated heterocycles. The Bertz CT molecular complexity index is 469. The first-order valence-electron chi connectivity index (χ1n) is 5.76. The van der Waals surface area contributed by atoms with Crippen LogP contribution in [0, 0.1) is 0 Å². The van der Waals surface area contributed by atoms with Gasteiger partial charge in [-0.25, -0.2) is 0 Å². The van der Waals surface area contributed by atoms with Crippen LogP contribution in [0.2, 0.25) is 0 Å². The van der Waals surface area contributed by atoms with Gasteiger partial charge in [-0.1, -0.05) is 48.5 Å². The summed E-state index contributed by atoms with van der Waals surface area (Å²) in [6.45, 7) is 2.39. The number of aryl methyl sites for hydroxylation is 2. The van der Waals surface area contributed by atoms with Crippen LogP contribution in [0.5, 0.6) is 0 Å². The van der Waals surface area contributed by atoms with E-state index in [9.17, 15) is 0 Å². The maximum absolute atomic E-state index is 2.39. The average Bonchev–Trinajstić information content (AvgIpc) is 2.49. The molecule has 0 spiro atoms. The quantitative estimate of drug-likeness (QED) is 0.606. The molecular weight excluding hydrogens is 211 g/mol. The Labute approximate surface area is 98.1 Å². The molecule has 0 aromatic heterocycles. The smallest absolute Gasteiger partial charge is 0.0166 e. The molecule has 0 amide bonds. The van der Waals surface area contributed by atoms with E-state index in [2.05, 4.69) is 55.2 Å². The normalized spacial score (nSPS) is 15.1. The lowest BCUT2D eigenvalue weighted by atomic mass is 10.0. The van der Waals surface area contributed by atoms with Crippen molar-refractivity contribution in [3.05, 3.63) is 59.7 Å². The monoisotopic (exact) mass is 226 g/mol. The zero-order chi connectivity index (χ0) is 11.0. The van der Waals surface area contributed by atoms with Gasteiger partial charge in [-0.15, -0.1) is 0 Å². The van der Waals surface area contributed by atoms with Crippen molar-refractivity contribution in [1.82, 2.24) is 0 Å². The molecule has 0 aliphatic carbocycles. The van der Waals surface area contributed by atoms with E-state index >= 15 is 0 Å². The number of hydrogen-bond acceptors (Lipinski definition) is 0. The topological polar surface area (TPSA) is 0 Å². The molecule has 80 valence electrons. The number of rotatable bonds is 0. The predicted octanol–water partition coefficient (Wildman–Crippen LogP) is 2.85. The molecule has 1 aliphatic rings. The van der Waals surface area contributed by atoms with Gasteiger partial charge in [-0.05, 0) is 49.2 Å². The van der Waals surface area contributed by atoms with Crippen molar-refractivity contribution in [1.29, 1.82) is 0 Å². The van der Waals surface area contributed by atoms with Crippen LogP contribution in [0.25, 0.3) is 0 Å². The predicted molar refractivity (Wildman–Crippen MR) is 72.4 cm³/mol. The first-order valence-corrected chi connectivity index (χ1v) is 7.55. The minimum absolute atomic E-state index is 0.150. The zero-order valence-corrected chi connectivity index (χ0v) is 10.4. The molecule has 0 atom stereocenters. The van der Waals surface area contributed by atoms with Crippen LogP contribution in [0.15, 0.2) is 48.5 Å². The summed E-state index contributed by atoms with van der Waals surface area (Å²) >= 11 is 0. The van der Waals surface area contributed by atoms with Crippen LogP contribution in [-0.2, 0) is 12.8 Å². The molecule has 16 heavy (non-hydrogen) atoms. The Balaban J connectivity index is 2.18. The summed E-state index contributed by atoms with van der Waals surface area (Å²) in [4.78, 5) is 0. The van der Waals surface area contributed by atoms with Gasteiger partial charge in [-0.3, -0.25) is 0 Å². The van der Waals surface area contributed by atoms with Crippen LogP contribution >= 0.6 is 7.92 Å². The zero-order valence-electron chi connectivity index (χ0n) is 9.48. The summed E-state index contributed by atoms with van der Waals surface area (Å²) in [6.07, 6.45) is 2.39. The number of hydrogen-bond donors (Lipinski definition) is 0. The molecular formula is C15H15P. The number of benzene rings is 2. The lowest BCUT2D eigenvalue weighted by molar-refractivity contribution is 0.977.